The predicted octanol–water partition coefficient (Wildman–Crippen LogP) is 7.16. The van der Waals surface area contributed by atoms with Gasteiger partial charge >= 0.3 is 0 Å². The molecule has 0 radical (unpaired) electrons. The first kappa shape index (κ1) is 22.7. The van der Waals surface area contributed by atoms with Crippen molar-refractivity contribution >= 4 is 70.7 Å². The molecule has 2 aromatic carbocycles. The summed E-state index contributed by atoms with van der Waals surface area (Å²) >= 11 is 6.39. The van der Waals surface area contributed by atoms with E-state index < -0.39 is 10.0 Å². The molecule has 32 heavy (non-hydrogen) atoms. The zero-order valence-corrected chi connectivity index (χ0v) is 21.0. The molecule has 2 aromatic heterocycles. The molecular weight excluding hydrogens is 526 g/mol. The molecular formula is C23H18BrN3O2S3. The second-order valence-corrected chi connectivity index (χ2v) is 11.2. The van der Waals surface area contributed by atoms with Gasteiger partial charge in [0.15, 0.2) is 0 Å². The van der Waals surface area contributed by atoms with E-state index in [0.717, 1.165) is 25.6 Å². The number of hydrogen-bond donors (Lipinski definition) is 1. The van der Waals surface area contributed by atoms with E-state index in [4.69, 9.17) is 9.97 Å². The minimum Gasteiger partial charge on any atom is -0.280 e. The van der Waals surface area contributed by atoms with E-state index in [1.807, 2.05) is 30.5 Å². The molecule has 0 aliphatic heterocycles. The van der Waals surface area contributed by atoms with Crippen LogP contribution >= 0.6 is 39.0 Å². The third-order valence-electron chi connectivity index (χ3n) is 4.50. The zero-order chi connectivity index (χ0) is 22.7. The highest BCUT2D eigenvalue weighted by molar-refractivity contribution is 9.10. The van der Waals surface area contributed by atoms with Crippen molar-refractivity contribution in [2.45, 2.75) is 11.8 Å². The van der Waals surface area contributed by atoms with Crippen LogP contribution in [0.4, 0.5) is 5.69 Å². The molecule has 0 atom stereocenters. The van der Waals surface area contributed by atoms with Gasteiger partial charge in [-0.2, -0.15) is 0 Å². The molecule has 4 rings (SSSR count). The summed E-state index contributed by atoms with van der Waals surface area (Å²) in [6.45, 7) is 5.76. The minimum absolute atomic E-state index is 0.180. The van der Waals surface area contributed by atoms with Crippen LogP contribution in [0, 0.1) is 0 Å². The number of fused-ring (bicyclic) bond motifs is 1. The van der Waals surface area contributed by atoms with Crippen molar-refractivity contribution in [3.63, 3.8) is 0 Å². The maximum atomic E-state index is 12.8. The van der Waals surface area contributed by atoms with E-state index >= 15 is 0 Å². The standard InChI is InChI=1S/C23H18BrN3O2S3/c1-3-20(30-4-2)22-23(21-6-5-13-31-21)25-18-12-9-16(14-19(18)26-22)27-32(28,29)17-10-7-15(24)8-11-17/h3-14,27H,2H2,1H3/b20-3-. The number of thioether (sulfide) groups is 1. The van der Waals surface area contributed by atoms with Crippen LogP contribution in [0.5, 0.6) is 0 Å². The molecule has 0 spiro atoms. The summed E-state index contributed by atoms with van der Waals surface area (Å²) in [6, 6.07) is 15.6. The molecule has 0 saturated heterocycles. The van der Waals surface area contributed by atoms with Crippen molar-refractivity contribution in [1.82, 2.24) is 9.97 Å². The van der Waals surface area contributed by atoms with Gasteiger partial charge in [0.1, 0.15) is 11.4 Å². The smallest absolute Gasteiger partial charge is 0.261 e. The van der Waals surface area contributed by atoms with Crippen LogP contribution in [-0.4, -0.2) is 18.4 Å². The number of nitrogens with one attached hydrogen (secondary N) is 1. The lowest BCUT2D eigenvalue weighted by Crippen LogP contribution is -2.12. The summed E-state index contributed by atoms with van der Waals surface area (Å²) < 4.78 is 29.0. The number of halogens is 1. The van der Waals surface area contributed by atoms with Gasteiger partial charge in [-0.1, -0.05) is 46.4 Å². The average molecular weight is 545 g/mol. The Kier molecular flexibility index (Phi) is 6.80. The molecule has 0 saturated carbocycles. The largest absolute Gasteiger partial charge is 0.280 e. The SMILES string of the molecule is C=CS/C(=C\C)c1nc2cc(NS(=O)(=O)c3ccc(Br)cc3)ccc2nc1-c1cccs1. The fraction of sp³-hybridized carbons (Fsp3) is 0.0435. The number of nitrogens with zero attached hydrogens (tertiary/aromatic N) is 2. The Balaban J connectivity index is 1.79. The second-order valence-electron chi connectivity index (χ2n) is 6.60. The average Bonchev–Trinajstić information content (AvgIpc) is 3.31. The summed E-state index contributed by atoms with van der Waals surface area (Å²) in [6.07, 6.45) is 1.97. The number of sulfonamides is 1. The van der Waals surface area contributed by atoms with Gasteiger partial charge in [-0.3, -0.25) is 4.72 Å². The Hall–Kier alpha value is -2.46. The summed E-state index contributed by atoms with van der Waals surface area (Å²) in [7, 11) is -3.73. The van der Waals surface area contributed by atoms with E-state index in [1.54, 1.807) is 59.2 Å². The van der Waals surface area contributed by atoms with Crippen molar-refractivity contribution in [1.29, 1.82) is 0 Å². The molecule has 0 bridgehead atoms. The van der Waals surface area contributed by atoms with Gasteiger partial charge in [0.25, 0.3) is 10.0 Å². The number of rotatable bonds is 7. The first-order chi connectivity index (χ1) is 15.4. The van der Waals surface area contributed by atoms with Gasteiger partial charge in [0.05, 0.1) is 26.5 Å². The van der Waals surface area contributed by atoms with Crippen LogP contribution in [0.2, 0.25) is 0 Å². The summed E-state index contributed by atoms with van der Waals surface area (Å²) in [5, 5.41) is 3.75. The highest BCUT2D eigenvalue weighted by Gasteiger charge is 2.18. The third kappa shape index (κ3) is 4.80. The molecule has 4 aromatic rings. The monoisotopic (exact) mass is 543 g/mol. The fourth-order valence-electron chi connectivity index (χ4n) is 3.05. The molecule has 0 aliphatic carbocycles. The topological polar surface area (TPSA) is 72.0 Å². The lowest BCUT2D eigenvalue weighted by Gasteiger charge is -2.12. The minimum atomic E-state index is -3.73. The number of thiophene rings is 1. The second kappa shape index (κ2) is 9.58. The van der Waals surface area contributed by atoms with Crippen molar-refractivity contribution < 1.29 is 8.42 Å². The number of aromatic nitrogens is 2. The van der Waals surface area contributed by atoms with E-state index in [2.05, 4.69) is 27.2 Å². The predicted molar refractivity (Wildman–Crippen MR) is 139 cm³/mol. The van der Waals surface area contributed by atoms with Crippen LogP contribution in [0.1, 0.15) is 12.6 Å². The summed E-state index contributed by atoms with van der Waals surface area (Å²) in [4.78, 5) is 11.8. The molecule has 1 N–H and O–H groups in total. The van der Waals surface area contributed by atoms with Gasteiger partial charge in [-0.15, -0.1) is 11.3 Å². The van der Waals surface area contributed by atoms with E-state index in [0.29, 0.717) is 16.7 Å². The fourth-order valence-corrected chi connectivity index (χ4v) is 5.65. The quantitative estimate of drug-likeness (QED) is 0.267. The maximum absolute atomic E-state index is 12.8. The highest BCUT2D eigenvalue weighted by atomic mass is 79.9. The normalized spacial score (nSPS) is 12.1. The van der Waals surface area contributed by atoms with E-state index in [-0.39, 0.29) is 4.90 Å². The van der Waals surface area contributed by atoms with Crippen molar-refractivity contribution in [2.24, 2.45) is 0 Å². The Morgan fingerprint density at radius 1 is 1.12 bits per heavy atom. The van der Waals surface area contributed by atoms with Crippen LogP contribution in [0.25, 0.3) is 26.5 Å². The Morgan fingerprint density at radius 3 is 2.56 bits per heavy atom. The summed E-state index contributed by atoms with van der Waals surface area (Å²) in [5.74, 6) is 0. The first-order valence-corrected chi connectivity index (χ1v) is 13.5. The lowest BCUT2D eigenvalue weighted by molar-refractivity contribution is 0.601. The Labute approximate surface area is 203 Å². The lowest BCUT2D eigenvalue weighted by atomic mass is 10.2. The molecule has 2 heterocycles. The van der Waals surface area contributed by atoms with Crippen molar-refractivity contribution in [3.05, 3.63) is 88.2 Å². The number of allylic oxidation sites excluding steroid dienone is 1. The van der Waals surface area contributed by atoms with Crippen LogP contribution < -0.4 is 4.72 Å². The maximum Gasteiger partial charge on any atom is 0.261 e. The van der Waals surface area contributed by atoms with Crippen molar-refractivity contribution in [3.8, 4) is 10.6 Å². The Bertz CT molecular complexity index is 1420. The molecule has 0 aliphatic rings. The van der Waals surface area contributed by atoms with Gasteiger partial charge in [-0.05, 0) is 66.2 Å². The number of benzene rings is 2. The van der Waals surface area contributed by atoms with Gasteiger partial charge in [0, 0.05) is 9.38 Å². The van der Waals surface area contributed by atoms with Gasteiger partial charge < -0.3 is 0 Å². The van der Waals surface area contributed by atoms with Crippen molar-refractivity contribution in [2.75, 3.05) is 4.72 Å². The molecule has 0 fully saturated rings. The van der Waals surface area contributed by atoms with Crippen LogP contribution in [0.3, 0.4) is 0 Å². The van der Waals surface area contributed by atoms with Crippen LogP contribution in [-0.2, 0) is 10.0 Å². The molecule has 0 amide bonds. The Morgan fingerprint density at radius 2 is 1.91 bits per heavy atom. The summed E-state index contributed by atoms with van der Waals surface area (Å²) in [5.41, 5.74) is 3.23. The van der Waals surface area contributed by atoms with Gasteiger partial charge in [-0.25, -0.2) is 18.4 Å². The molecule has 9 heteroatoms. The molecule has 0 unspecified atom stereocenters. The van der Waals surface area contributed by atoms with Gasteiger partial charge in [0.2, 0.25) is 0 Å². The third-order valence-corrected chi connectivity index (χ3v) is 8.15. The zero-order valence-electron chi connectivity index (χ0n) is 16.9. The molecule has 5 nitrogen and oxygen atoms in total. The highest BCUT2D eigenvalue weighted by Crippen LogP contribution is 2.36. The van der Waals surface area contributed by atoms with E-state index in [1.165, 1.54) is 11.8 Å². The first-order valence-electron chi connectivity index (χ1n) is 9.49. The molecule has 162 valence electrons. The van der Waals surface area contributed by atoms with E-state index in [9.17, 15) is 8.42 Å². The number of anilines is 1. The number of hydrogen-bond acceptors (Lipinski definition) is 6. The van der Waals surface area contributed by atoms with Crippen LogP contribution in [0.15, 0.2) is 87.4 Å².